The van der Waals surface area contributed by atoms with Gasteiger partial charge in [-0.15, -0.1) is 0 Å². The van der Waals surface area contributed by atoms with Gasteiger partial charge >= 0.3 is 6.09 Å². The molecule has 1 saturated heterocycles. The third kappa shape index (κ3) is 5.41. The zero-order chi connectivity index (χ0) is 26.3. The van der Waals surface area contributed by atoms with Crippen molar-refractivity contribution in [3.63, 3.8) is 0 Å². The van der Waals surface area contributed by atoms with E-state index in [9.17, 15) is 15.2 Å². The number of carboxylic acid groups (broad SMARTS) is 1. The van der Waals surface area contributed by atoms with E-state index in [1.54, 1.807) is 12.4 Å². The summed E-state index contributed by atoms with van der Waals surface area (Å²) in [5.41, 5.74) is 4.47. The van der Waals surface area contributed by atoms with Gasteiger partial charge in [0.1, 0.15) is 0 Å². The van der Waals surface area contributed by atoms with Crippen molar-refractivity contribution in [1.82, 2.24) is 14.9 Å². The average molecular weight is 504 g/mol. The van der Waals surface area contributed by atoms with Crippen LogP contribution in [0, 0.1) is 11.3 Å². The van der Waals surface area contributed by atoms with Gasteiger partial charge in [0.25, 0.3) is 0 Å². The van der Waals surface area contributed by atoms with Crippen molar-refractivity contribution >= 4 is 11.8 Å². The highest BCUT2D eigenvalue weighted by molar-refractivity contribution is 5.86. The fourth-order valence-corrected chi connectivity index (χ4v) is 5.57. The van der Waals surface area contributed by atoms with Crippen molar-refractivity contribution in [2.75, 3.05) is 18.0 Å². The van der Waals surface area contributed by atoms with Gasteiger partial charge in [-0.1, -0.05) is 42.5 Å². The van der Waals surface area contributed by atoms with Gasteiger partial charge in [0.2, 0.25) is 0 Å². The van der Waals surface area contributed by atoms with Gasteiger partial charge in [-0.05, 0) is 65.9 Å². The lowest BCUT2D eigenvalue weighted by Gasteiger charge is -2.43. The maximum Gasteiger partial charge on any atom is 0.412 e. The predicted octanol–water partition coefficient (Wildman–Crippen LogP) is 5.87. The van der Waals surface area contributed by atoms with E-state index in [0.717, 1.165) is 16.7 Å². The third-order valence-corrected chi connectivity index (χ3v) is 7.26. The number of hydrogen-bond acceptors (Lipinski definition) is 5. The summed E-state index contributed by atoms with van der Waals surface area (Å²) in [6.07, 6.45) is 7.79. The lowest BCUT2D eigenvalue weighted by atomic mass is 9.81. The number of aromatic nitrogens is 2. The van der Waals surface area contributed by atoms with Crippen LogP contribution in [0.4, 0.5) is 10.5 Å². The maximum atomic E-state index is 12.3. The molecular weight excluding hydrogens is 474 g/mol. The van der Waals surface area contributed by atoms with E-state index in [4.69, 9.17) is 0 Å². The molecule has 7 heteroatoms. The summed E-state index contributed by atoms with van der Waals surface area (Å²) < 4.78 is 0. The monoisotopic (exact) mass is 503 g/mol. The SMILES string of the molecule is N#Cc1cccc(C(C(c2cccnc2)c2cccnc2)N2CCC(N(C(=O)O)c3ccccc3)CC2)c1. The van der Waals surface area contributed by atoms with Crippen LogP contribution >= 0.6 is 0 Å². The Balaban J connectivity index is 1.51. The highest BCUT2D eigenvalue weighted by atomic mass is 16.4. The van der Waals surface area contributed by atoms with Gasteiger partial charge in [0.15, 0.2) is 0 Å². The normalized spacial score (nSPS) is 15.1. The molecule has 2 aromatic carbocycles. The zero-order valence-electron chi connectivity index (χ0n) is 21.0. The van der Waals surface area contributed by atoms with Gasteiger partial charge in [-0.3, -0.25) is 19.8 Å². The first-order valence-electron chi connectivity index (χ1n) is 12.8. The molecule has 0 saturated carbocycles. The Morgan fingerprint density at radius 3 is 2.08 bits per heavy atom. The molecule has 0 aliphatic carbocycles. The number of likely N-dealkylation sites (tertiary alicyclic amines) is 1. The van der Waals surface area contributed by atoms with Crippen LogP contribution in [0.5, 0.6) is 0 Å². The number of benzene rings is 2. The van der Waals surface area contributed by atoms with Crippen molar-refractivity contribution in [2.45, 2.75) is 30.8 Å². The maximum absolute atomic E-state index is 12.3. The number of pyridine rings is 2. The van der Waals surface area contributed by atoms with Gasteiger partial charge in [0, 0.05) is 61.6 Å². The van der Waals surface area contributed by atoms with Crippen LogP contribution in [-0.2, 0) is 0 Å². The minimum atomic E-state index is -0.934. The fraction of sp³-hybridized carbons (Fsp3) is 0.226. The first-order chi connectivity index (χ1) is 18.7. The second kappa shape index (κ2) is 11.7. The highest BCUT2D eigenvalue weighted by Gasteiger charge is 2.36. The molecule has 38 heavy (non-hydrogen) atoms. The first kappa shape index (κ1) is 25.1. The van der Waals surface area contributed by atoms with Crippen LogP contribution in [0.3, 0.4) is 0 Å². The zero-order valence-corrected chi connectivity index (χ0v) is 21.0. The molecule has 1 aliphatic rings. The van der Waals surface area contributed by atoms with Crippen LogP contribution in [0.1, 0.15) is 47.1 Å². The van der Waals surface area contributed by atoms with E-state index >= 15 is 0 Å². The number of anilines is 1. The molecule has 4 aromatic rings. The van der Waals surface area contributed by atoms with E-state index in [1.807, 2.05) is 73.1 Å². The van der Waals surface area contributed by atoms with Gasteiger partial charge < -0.3 is 5.11 Å². The molecule has 1 unspecified atom stereocenters. The Morgan fingerprint density at radius 1 is 0.895 bits per heavy atom. The second-order valence-corrected chi connectivity index (χ2v) is 9.49. The Hall–Kier alpha value is -4.54. The first-order valence-corrected chi connectivity index (χ1v) is 12.8. The topological polar surface area (TPSA) is 93.4 Å². The lowest BCUT2D eigenvalue weighted by Crippen LogP contribution is -2.48. The summed E-state index contributed by atoms with van der Waals surface area (Å²) in [5, 5.41) is 19.7. The van der Waals surface area contributed by atoms with Gasteiger partial charge in [0.05, 0.1) is 11.6 Å². The molecule has 3 heterocycles. The van der Waals surface area contributed by atoms with E-state index in [1.165, 1.54) is 4.90 Å². The minimum Gasteiger partial charge on any atom is -0.465 e. The Morgan fingerprint density at radius 2 is 1.53 bits per heavy atom. The fourth-order valence-electron chi connectivity index (χ4n) is 5.57. The van der Waals surface area contributed by atoms with E-state index in [2.05, 4.69) is 39.1 Å². The lowest BCUT2D eigenvalue weighted by molar-refractivity contribution is 0.135. The van der Waals surface area contributed by atoms with Crippen LogP contribution < -0.4 is 4.90 Å². The number of nitriles is 1. The summed E-state index contributed by atoms with van der Waals surface area (Å²) in [6, 6.07) is 27.2. The molecule has 190 valence electrons. The quantitative estimate of drug-likeness (QED) is 0.339. The van der Waals surface area contributed by atoms with Crippen molar-refractivity contribution in [3.8, 4) is 6.07 Å². The molecular formula is C31H29N5O2. The molecule has 1 aliphatic heterocycles. The van der Waals surface area contributed by atoms with Crippen LogP contribution in [0.15, 0.2) is 104 Å². The summed E-state index contributed by atoms with van der Waals surface area (Å²) in [5.74, 6) is -0.0763. The Bertz CT molecular complexity index is 1340. The second-order valence-electron chi connectivity index (χ2n) is 9.49. The standard InChI is InChI=1S/C31H29N5O2/c32-20-23-7-4-8-24(19-23)30(29(25-9-5-15-33-21-25)26-10-6-16-34-22-26)35-17-13-28(14-18-35)36(31(37)38)27-11-2-1-3-12-27/h1-12,15-16,19,21-22,28-30H,13-14,17-18H2,(H,37,38). The summed E-state index contributed by atoms with van der Waals surface area (Å²) in [7, 11) is 0. The number of piperidine rings is 1. The molecule has 5 rings (SSSR count). The molecule has 1 fully saturated rings. The summed E-state index contributed by atoms with van der Waals surface area (Å²) in [6.45, 7) is 1.42. The highest BCUT2D eigenvalue weighted by Crippen LogP contribution is 2.42. The van der Waals surface area contributed by atoms with E-state index < -0.39 is 6.09 Å². The summed E-state index contributed by atoms with van der Waals surface area (Å²) in [4.78, 5) is 25.0. The van der Waals surface area contributed by atoms with Crippen molar-refractivity contribution in [1.29, 1.82) is 5.26 Å². The molecule has 2 aromatic heterocycles. The smallest absolute Gasteiger partial charge is 0.412 e. The van der Waals surface area contributed by atoms with Crippen molar-refractivity contribution in [2.24, 2.45) is 0 Å². The van der Waals surface area contributed by atoms with Crippen LogP contribution in [0.25, 0.3) is 0 Å². The molecule has 0 radical (unpaired) electrons. The van der Waals surface area contributed by atoms with Crippen LogP contribution in [0.2, 0.25) is 0 Å². The van der Waals surface area contributed by atoms with E-state index in [-0.39, 0.29) is 18.0 Å². The summed E-state index contributed by atoms with van der Waals surface area (Å²) >= 11 is 0. The number of carbonyl (C=O) groups is 1. The molecule has 0 bridgehead atoms. The third-order valence-electron chi connectivity index (χ3n) is 7.26. The molecule has 0 spiro atoms. The van der Waals surface area contributed by atoms with Gasteiger partial charge in [-0.25, -0.2) is 4.79 Å². The molecule has 1 amide bonds. The van der Waals surface area contributed by atoms with Crippen molar-refractivity contribution in [3.05, 3.63) is 126 Å². The Kier molecular flexibility index (Phi) is 7.72. The number of nitrogens with zero attached hydrogens (tertiary/aromatic N) is 5. The molecule has 7 nitrogen and oxygen atoms in total. The van der Waals surface area contributed by atoms with Gasteiger partial charge in [-0.2, -0.15) is 5.26 Å². The largest absolute Gasteiger partial charge is 0.465 e. The number of rotatable bonds is 7. The number of amides is 1. The van der Waals surface area contributed by atoms with E-state index in [0.29, 0.717) is 37.2 Å². The molecule has 1 atom stereocenters. The number of para-hydroxylation sites is 1. The van der Waals surface area contributed by atoms with Crippen LogP contribution in [-0.4, -0.2) is 45.2 Å². The average Bonchev–Trinajstić information content (AvgIpc) is 2.98. The molecule has 1 N–H and O–H groups in total. The minimum absolute atomic E-state index is 0.0763. The number of hydrogen-bond donors (Lipinski definition) is 1. The predicted molar refractivity (Wildman–Crippen MR) is 146 cm³/mol. The van der Waals surface area contributed by atoms with Crippen molar-refractivity contribution < 1.29 is 9.90 Å². The Labute approximate surface area is 222 Å².